The third kappa shape index (κ3) is 6.20. The number of alkyl halides is 3. The zero-order valence-corrected chi connectivity index (χ0v) is 17.6. The molecule has 3 rings (SSSR count). The van der Waals surface area contributed by atoms with Crippen molar-refractivity contribution < 1.29 is 42.3 Å². The van der Waals surface area contributed by atoms with E-state index in [0.29, 0.717) is 28.9 Å². The van der Waals surface area contributed by atoms with Crippen LogP contribution in [0.5, 0.6) is 0 Å². The van der Waals surface area contributed by atoms with Crippen LogP contribution in [0.4, 0.5) is 24.5 Å². The van der Waals surface area contributed by atoms with Crippen molar-refractivity contribution in [2.24, 2.45) is 0 Å². The highest BCUT2D eigenvalue weighted by atomic mass is 19.4. The summed E-state index contributed by atoms with van der Waals surface area (Å²) in [6.45, 7) is 2.17. The first kappa shape index (κ1) is 25.6. The maximum Gasteiger partial charge on any atom is 0.490 e. The fraction of sp³-hybridized carbons (Fsp3) is 0.450. The Morgan fingerprint density at radius 1 is 1.27 bits per heavy atom. The molecule has 1 unspecified atom stereocenters. The predicted molar refractivity (Wildman–Crippen MR) is 109 cm³/mol. The van der Waals surface area contributed by atoms with Crippen LogP contribution in [0.15, 0.2) is 12.1 Å². The number of nitrogen functional groups attached to an aromatic ring is 1. The van der Waals surface area contributed by atoms with Gasteiger partial charge in [-0.15, -0.1) is 0 Å². The molecule has 5 N–H and O–H groups in total. The second-order valence-corrected chi connectivity index (χ2v) is 7.41. The molecule has 0 spiro atoms. The second kappa shape index (κ2) is 10.3. The highest BCUT2D eigenvalue weighted by Gasteiger charge is 2.40. The number of carbonyl (C=O) groups is 5. The number of amides is 4. The van der Waals surface area contributed by atoms with Crippen molar-refractivity contribution in [1.82, 2.24) is 10.2 Å². The highest BCUT2D eigenvalue weighted by Crippen LogP contribution is 2.35. The Kier molecular flexibility index (Phi) is 8.01. The van der Waals surface area contributed by atoms with E-state index in [-0.39, 0.29) is 37.1 Å². The number of halogens is 3. The van der Waals surface area contributed by atoms with Gasteiger partial charge >= 0.3 is 12.1 Å². The zero-order chi connectivity index (χ0) is 24.9. The molecule has 0 saturated carbocycles. The number of hydrogen-bond acceptors (Lipinski definition) is 6. The number of carboxylic acid groups (broad SMARTS) is 1. The van der Waals surface area contributed by atoms with E-state index >= 15 is 0 Å². The van der Waals surface area contributed by atoms with Crippen LogP contribution in [0, 0.1) is 0 Å². The summed E-state index contributed by atoms with van der Waals surface area (Å²) in [5.74, 6) is -4.00. The van der Waals surface area contributed by atoms with E-state index in [1.165, 1.54) is 4.90 Å². The van der Waals surface area contributed by atoms with Crippen LogP contribution in [0.3, 0.4) is 0 Å². The molecule has 0 aromatic heterocycles. The molecular weight excluding hydrogens is 449 g/mol. The maximum absolute atomic E-state index is 12.8. The van der Waals surface area contributed by atoms with Gasteiger partial charge in [-0.3, -0.25) is 24.5 Å². The number of imide groups is 1. The molecule has 1 saturated heterocycles. The quantitative estimate of drug-likeness (QED) is 0.376. The van der Waals surface area contributed by atoms with Gasteiger partial charge in [0, 0.05) is 30.5 Å². The van der Waals surface area contributed by atoms with Gasteiger partial charge in [-0.2, -0.15) is 13.2 Å². The van der Waals surface area contributed by atoms with Gasteiger partial charge in [0.1, 0.15) is 6.04 Å². The van der Waals surface area contributed by atoms with Gasteiger partial charge in [0.2, 0.25) is 17.7 Å². The van der Waals surface area contributed by atoms with Crippen LogP contribution in [-0.4, -0.2) is 51.8 Å². The van der Waals surface area contributed by atoms with E-state index in [2.05, 4.69) is 10.6 Å². The summed E-state index contributed by atoms with van der Waals surface area (Å²) in [6, 6.07) is 2.50. The molecule has 2 heterocycles. The summed E-state index contributed by atoms with van der Waals surface area (Å²) in [7, 11) is 0. The Labute approximate surface area is 186 Å². The Bertz CT molecular complexity index is 979. The van der Waals surface area contributed by atoms with Gasteiger partial charge in [-0.25, -0.2) is 4.79 Å². The Morgan fingerprint density at radius 2 is 1.91 bits per heavy atom. The number of rotatable bonds is 5. The normalized spacial score (nSPS) is 17.6. The average Bonchev–Trinajstić information content (AvgIpc) is 3.05. The van der Waals surface area contributed by atoms with E-state index in [1.807, 2.05) is 6.92 Å². The summed E-state index contributed by atoms with van der Waals surface area (Å²) in [5, 5.41) is 12.2. The van der Waals surface area contributed by atoms with Crippen LogP contribution in [-0.2, 0) is 25.7 Å². The van der Waals surface area contributed by atoms with E-state index in [1.54, 1.807) is 12.1 Å². The standard InChI is InChI=1S/C18H22N4O4.C2HF3O2/c1-2-3-4-14(23)20-16-11-9-22(13-7-8-15(24)21-17(13)25)18(26)10(11)5-6-12(16)19;3-2(4,5)1(6)7/h5-6,13H,2-4,7-9,19H2,1H3,(H,20,23)(H,21,24,25);(H,6,7). The molecule has 0 aliphatic carbocycles. The predicted octanol–water partition coefficient (Wildman–Crippen LogP) is 1.79. The van der Waals surface area contributed by atoms with Crippen molar-refractivity contribution in [1.29, 1.82) is 0 Å². The zero-order valence-electron chi connectivity index (χ0n) is 17.6. The molecule has 2 aliphatic rings. The fourth-order valence-electron chi connectivity index (χ4n) is 3.35. The molecule has 2 aliphatic heterocycles. The van der Waals surface area contributed by atoms with Crippen molar-refractivity contribution >= 4 is 41.0 Å². The monoisotopic (exact) mass is 472 g/mol. The number of hydrogen-bond donors (Lipinski definition) is 4. The fourth-order valence-corrected chi connectivity index (χ4v) is 3.35. The number of fused-ring (bicyclic) bond motifs is 1. The van der Waals surface area contributed by atoms with Crippen LogP contribution < -0.4 is 16.4 Å². The first-order chi connectivity index (χ1) is 15.4. The lowest BCUT2D eigenvalue weighted by Gasteiger charge is -2.29. The Morgan fingerprint density at radius 3 is 2.45 bits per heavy atom. The van der Waals surface area contributed by atoms with Gasteiger partial charge in [0.25, 0.3) is 5.91 Å². The molecule has 1 aromatic rings. The number of benzene rings is 1. The Hall–Kier alpha value is -3.64. The van der Waals surface area contributed by atoms with Crippen LogP contribution in [0.2, 0.25) is 0 Å². The largest absolute Gasteiger partial charge is 0.490 e. The van der Waals surface area contributed by atoms with Crippen molar-refractivity contribution in [2.45, 2.75) is 57.8 Å². The van der Waals surface area contributed by atoms with Crippen LogP contribution in [0.1, 0.15) is 54.9 Å². The minimum Gasteiger partial charge on any atom is -0.475 e. The number of anilines is 2. The summed E-state index contributed by atoms with van der Waals surface area (Å²) < 4.78 is 31.7. The molecule has 1 fully saturated rings. The number of nitrogens with two attached hydrogens (primary N) is 1. The molecule has 180 valence electrons. The van der Waals surface area contributed by atoms with Gasteiger partial charge in [-0.1, -0.05) is 13.3 Å². The summed E-state index contributed by atoms with van der Waals surface area (Å²) in [6.07, 6.45) is -2.55. The van der Waals surface area contributed by atoms with Crippen molar-refractivity contribution in [2.75, 3.05) is 11.1 Å². The number of aliphatic carboxylic acids is 1. The number of nitrogens with one attached hydrogen (secondary N) is 2. The number of nitrogens with zero attached hydrogens (tertiary/aromatic N) is 1. The molecular formula is C20H23F3N4O6. The van der Waals surface area contributed by atoms with Gasteiger partial charge in [0.05, 0.1) is 11.4 Å². The van der Waals surface area contributed by atoms with Crippen molar-refractivity contribution in [3.8, 4) is 0 Å². The Balaban J connectivity index is 0.000000479. The third-order valence-corrected chi connectivity index (χ3v) is 5.02. The number of unbranched alkanes of at least 4 members (excludes halogenated alkanes) is 1. The van der Waals surface area contributed by atoms with Crippen molar-refractivity contribution in [3.05, 3.63) is 23.3 Å². The molecule has 1 atom stereocenters. The first-order valence-electron chi connectivity index (χ1n) is 10.0. The van der Waals surface area contributed by atoms with Gasteiger partial charge < -0.3 is 21.1 Å². The molecule has 0 radical (unpaired) electrons. The SMILES string of the molecule is CCCCC(=O)Nc1c(N)ccc2c1CN(C1CCC(=O)NC1=O)C2=O.O=C(O)C(F)(F)F. The van der Waals surface area contributed by atoms with Gasteiger partial charge in [0.15, 0.2) is 0 Å². The first-order valence-corrected chi connectivity index (χ1v) is 10.0. The maximum atomic E-state index is 12.8. The minimum atomic E-state index is -5.08. The van der Waals surface area contributed by atoms with Crippen LogP contribution >= 0.6 is 0 Å². The molecule has 4 amide bonds. The minimum absolute atomic E-state index is 0.154. The smallest absolute Gasteiger partial charge is 0.475 e. The summed E-state index contributed by atoms with van der Waals surface area (Å²) in [4.78, 5) is 58.7. The molecule has 33 heavy (non-hydrogen) atoms. The number of carboxylic acids is 1. The molecule has 13 heteroatoms. The van der Waals surface area contributed by atoms with E-state index in [4.69, 9.17) is 15.6 Å². The number of piperidine rings is 1. The van der Waals surface area contributed by atoms with Crippen LogP contribution in [0.25, 0.3) is 0 Å². The second-order valence-electron chi connectivity index (χ2n) is 7.41. The lowest BCUT2D eigenvalue weighted by molar-refractivity contribution is -0.192. The van der Waals surface area contributed by atoms with Crippen molar-refractivity contribution in [3.63, 3.8) is 0 Å². The van der Waals surface area contributed by atoms with E-state index in [0.717, 1.165) is 12.8 Å². The topological polar surface area (TPSA) is 159 Å². The molecule has 0 bridgehead atoms. The molecule has 1 aromatic carbocycles. The van der Waals surface area contributed by atoms with Gasteiger partial charge in [-0.05, 0) is 25.0 Å². The van der Waals surface area contributed by atoms with E-state index < -0.39 is 24.1 Å². The summed E-state index contributed by atoms with van der Waals surface area (Å²) in [5.41, 5.74) is 7.88. The highest BCUT2D eigenvalue weighted by molar-refractivity contribution is 6.07. The molecule has 10 nitrogen and oxygen atoms in total. The number of carbonyl (C=O) groups excluding carboxylic acids is 4. The lowest BCUT2D eigenvalue weighted by Crippen LogP contribution is -2.52. The lowest BCUT2D eigenvalue weighted by atomic mass is 10.0. The third-order valence-electron chi connectivity index (χ3n) is 5.02. The summed E-state index contributed by atoms with van der Waals surface area (Å²) >= 11 is 0. The average molecular weight is 472 g/mol. The van der Waals surface area contributed by atoms with E-state index in [9.17, 15) is 32.3 Å².